The van der Waals surface area contributed by atoms with Crippen molar-refractivity contribution in [3.05, 3.63) is 35.2 Å². The number of hydrogen-bond donors (Lipinski definition) is 2. The Balaban J connectivity index is 2.92. The van der Waals surface area contributed by atoms with Crippen LogP contribution in [0.5, 0.6) is 0 Å². The summed E-state index contributed by atoms with van der Waals surface area (Å²) >= 11 is 10.0. The molecule has 0 N–H and O–H groups in total. The highest BCUT2D eigenvalue weighted by molar-refractivity contribution is 7.98. The van der Waals surface area contributed by atoms with Gasteiger partial charge in [-0.1, -0.05) is 12.1 Å². The van der Waals surface area contributed by atoms with Crippen molar-refractivity contribution >= 4 is 41.9 Å². The fraction of sp³-hybridized carbons (Fsp3) is 0.111. The summed E-state index contributed by atoms with van der Waals surface area (Å²) in [6.45, 7) is 0. The first-order valence-corrected chi connectivity index (χ1v) is 5.64. The minimum Gasteiger partial charge on any atom is -0.150 e. The van der Waals surface area contributed by atoms with Crippen molar-refractivity contribution in [2.75, 3.05) is 6.26 Å². The normalized spacial score (nSPS) is 11.8. The van der Waals surface area contributed by atoms with Crippen LogP contribution in [0.25, 0.3) is 4.91 Å². The minimum atomic E-state index is 0.894. The first-order valence-electron chi connectivity index (χ1n) is 3.45. The van der Waals surface area contributed by atoms with Gasteiger partial charge in [0.2, 0.25) is 0 Å². The van der Waals surface area contributed by atoms with Gasteiger partial charge in [0.1, 0.15) is 0 Å². The number of thiol groups is 2. The van der Waals surface area contributed by atoms with Gasteiger partial charge in [-0.2, -0.15) is 12.6 Å². The van der Waals surface area contributed by atoms with Gasteiger partial charge in [0.25, 0.3) is 0 Å². The van der Waals surface area contributed by atoms with Crippen molar-refractivity contribution in [3.63, 3.8) is 0 Å². The summed E-state index contributed by atoms with van der Waals surface area (Å²) < 4.78 is 0. The van der Waals surface area contributed by atoms with E-state index in [1.807, 2.05) is 12.1 Å². The zero-order chi connectivity index (χ0) is 8.97. The summed E-state index contributed by atoms with van der Waals surface area (Å²) in [6.07, 6.45) is 2.06. The second-order valence-electron chi connectivity index (χ2n) is 2.24. The third-order valence-corrected chi connectivity index (χ3v) is 3.10. The van der Waals surface area contributed by atoms with Crippen LogP contribution in [0.2, 0.25) is 0 Å². The van der Waals surface area contributed by atoms with Crippen LogP contribution in [-0.2, 0) is 0 Å². The van der Waals surface area contributed by atoms with E-state index < -0.39 is 0 Å². The van der Waals surface area contributed by atoms with Gasteiger partial charge < -0.3 is 0 Å². The van der Waals surface area contributed by atoms with Gasteiger partial charge >= 0.3 is 0 Å². The molecule has 0 amide bonds. The lowest BCUT2D eigenvalue weighted by molar-refractivity contribution is 1.45. The molecule has 0 atom stereocenters. The Labute approximate surface area is 88.3 Å². The Kier molecular flexibility index (Phi) is 4.12. The van der Waals surface area contributed by atoms with Crippen molar-refractivity contribution in [2.45, 2.75) is 4.90 Å². The highest BCUT2D eigenvalue weighted by atomic mass is 32.2. The highest BCUT2D eigenvalue weighted by Gasteiger charge is 1.94. The molecule has 0 bridgehead atoms. The molecule has 1 aromatic carbocycles. The molecule has 12 heavy (non-hydrogen) atoms. The predicted octanol–water partition coefficient (Wildman–Crippen LogP) is 3.57. The summed E-state index contributed by atoms with van der Waals surface area (Å²) in [5, 5.41) is 1.69. The van der Waals surface area contributed by atoms with E-state index in [4.69, 9.17) is 0 Å². The fourth-order valence-electron chi connectivity index (χ4n) is 0.836. The van der Waals surface area contributed by atoms with Gasteiger partial charge in [0, 0.05) is 9.80 Å². The van der Waals surface area contributed by atoms with Gasteiger partial charge in [0.15, 0.2) is 0 Å². The minimum absolute atomic E-state index is 0.894. The molecule has 0 aliphatic rings. The van der Waals surface area contributed by atoms with E-state index in [0.29, 0.717) is 0 Å². The van der Waals surface area contributed by atoms with Crippen molar-refractivity contribution in [2.24, 2.45) is 0 Å². The Hall–Kier alpha value is 0.01000. The van der Waals surface area contributed by atoms with Crippen LogP contribution in [0.3, 0.4) is 0 Å². The van der Waals surface area contributed by atoms with E-state index in [0.717, 1.165) is 10.5 Å². The Morgan fingerprint density at radius 3 is 2.33 bits per heavy atom. The Morgan fingerprint density at radius 1 is 1.33 bits per heavy atom. The molecule has 1 aromatic rings. The maximum Gasteiger partial charge on any atom is 0.0173 e. The van der Waals surface area contributed by atoms with E-state index in [-0.39, 0.29) is 0 Å². The molecule has 64 valence electrons. The van der Waals surface area contributed by atoms with Gasteiger partial charge in [-0.15, -0.1) is 24.4 Å². The fourth-order valence-corrected chi connectivity index (χ4v) is 1.54. The summed E-state index contributed by atoms with van der Waals surface area (Å²) in [7, 11) is 0. The molecular weight excluding hydrogens is 204 g/mol. The maximum atomic E-state index is 4.26. The van der Waals surface area contributed by atoms with Crippen molar-refractivity contribution in [1.29, 1.82) is 0 Å². The zero-order valence-corrected chi connectivity index (χ0v) is 9.29. The summed E-state index contributed by atoms with van der Waals surface area (Å²) in [5.74, 6) is 0. The van der Waals surface area contributed by atoms with Crippen LogP contribution in [0.4, 0.5) is 0 Å². The van der Waals surface area contributed by atoms with Crippen molar-refractivity contribution < 1.29 is 0 Å². The van der Waals surface area contributed by atoms with E-state index in [9.17, 15) is 0 Å². The molecule has 0 nitrogen and oxygen atoms in total. The monoisotopic (exact) mass is 214 g/mol. The lowest BCUT2D eigenvalue weighted by Crippen LogP contribution is -1.75. The van der Waals surface area contributed by atoms with Crippen LogP contribution >= 0.6 is 37.0 Å². The topological polar surface area (TPSA) is 0 Å². The third kappa shape index (κ3) is 2.51. The molecule has 0 heterocycles. The molecule has 1 rings (SSSR count). The standard InChI is InChI=1S/C9H10S3/c1-12-8-4-2-7(3-5-8)9(11)6-10/h2-6,10-11H,1H3. The Bertz CT molecular complexity index is 274. The maximum absolute atomic E-state index is 4.26. The molecule has 0 saturated heterocycles. The van der Waals surface area contributed by atoms with E-state index in [1.165, 1.54) is 4.90 Å². The molecular formula is C9H10S3. The van der Waals surface area contributed by atoms with E-state index in [2.05, 4.69) is 43.6 Å². The quantitative estimate of drug-likeness (QED) is 0.560. The number of thioether (sulfide) groups is 1. The first kappa shape index (κ1) is 10.1. The molecule has 0 aliphatic heterocycles. The number of benzene rings is 1. The van der Waals surface area contributed by atoms with Crippen LogP contribution in [-0.4, -0.2) is 6.26 Å². The van der Waals surface area contributed by atoms with E-state index in [1.54, 1.807) is 17.2 Å². The summed E-state index contributed by atoms with van der Waals surface area (Å²) in [4.78, 5) is 2.16. The second kappa shape index (κ2) is 4.90. The molecule has 0 spiro atoms. The van der Waals surface area contributed by atoms with Gasteiger partial charge in [-0.3, -0.25) is 0 Å². The lowest BCUT2D eigenvalue weighted by atomic mass is 10.2. The van der Waals surface area contributed by atoms with Crippen LogP contribution in [0.1, 0.15) is 5.56 Å². The first-order chi connectivity index (χ1) is 5.77. The van der Waals surface area contributed by atoms with Gasteiger partial charge in [-0.25, -0.2) is 0 Å². The molecule has 0 unspecified atom stereocenters. The summed E-state index contributed by atoms with van der Waals surface area (Å²) in [5.41, 5.74) is 1.10. The smallest absolute Gasteiger partial charge is 0.0173 e. The van der Waals surface area contributed by atoms with Gasteiger partial charge in [-0.05, 0) is 29.4 Å². The van der Waals surface area contributed by atoms with E-state index >= 15 is 0 Å². The zero-order valence-electron chi connectivity index (χ0n) is 6.69. The highest BCUT2D eigenvalue weighted by Crippen LogP contribution is 2.22. The number of rotatable bonds is 2. The van der Waals surface area contributed by atoms with Gasteiger partial charge in [0.05, 0.1) is 0 Å². The summed E-state index contributed by atoms with van der Waals surface area (Å²) in [6, 6.07) is 8.24. The molecule has 0 saturated carbocycles. The SMILES string of the molecule is CSc1ccc(C(S)=CS)cc1. The lowest BCUT2D eigenvalue weighted by Gasteiger charge is -2.00. The Morgan fingerprint density at radius 2 is 1.92 bits per heavy atom. The molecule has 0 aliphatic carbocycles. The average Bonchev–Trinajstić information content (AvgIpc) is 2.17. The predicted molar refractivity (Wildman–Crippen MR) is 64.2 cm³/mol. The molecule has 3 heteroatoms. The average molecular weight is 214 g/mol. The second-order valence-corrected chi connectivity index (χ2v) is 3.86. The largest absolute Gasteiger partial charge is 0.150 e. The van der Waals surface area contributed by atoms with Crippen molar-refractivity contribution in [1.82, 2.24) is 0 Å². The molecule has 0 fully saturated rings. The van der Waals surface area contributed by atoms with Crippen LogP contribution in [0, 0.1) is 0 Å². The molecule has 0 aromatic heterocycles. The van der Waals surface area contributed by atoms with Crippen molar-refractivity contribution in [3.8, 4) is 0 Å². The van der Waals surface area contributed by atoms with Crippen LogP contribution < -0.4 is 0 Å². The number of hydrogen-bond acceptors (Lipinski definition) is 3. The van der Waals surface area contributed by atoms with Crippen LogP contribution in [0.15, 0.2) is 34.6 Å². The molecule has 0 radical (unpaired) electrons. The third-order valence-electron chi connectivity index (χ3n) is 1.51.